The molecule has 1 saturated heterocycles. The Morgan fingerprint density at radius 1 is 1.00 bits per heavy atom. The maximum absolute atomic E-state index is 12.5. The minimum absolute atomic E-state index is 0.0261. The zero-order valence-electron chi connectivity index (χ0n) is 15.4. The molecule has 2 atom stereocenters. The summed E-state index contributed by atoms with van der Waals surface area (Å²) < 4.78 is 12.5. The van der Waals surface area contributed by atoms with Gasteiger partial charge in [0, 0.05) is 6.42 Å². The molecule has 0 aliphatic carbocycles. The van der Waals surface area contributed by atoms with Crippen molar-refractivity contribution in [2.75, 3.05) is 12.3 Å². The summed E-state index contributed by atoms with van der Waals surface area (Å²) in [5.74, 6) is 0.518. The first-order chi connectivity index (χ1) is 13.1. The Hall–Kier alpha value is -2.11. The van der Waals surface area contributed by atoms with Crippen LogP contribution in [0.3, 0.4) is 0 Å². The fourth-order valence-electron chi connectivity index (χ4n) is 3.25. The Balaban J connectivity index is 1.41. The van der Waals surface area contributed by atoms with Gasteiger partial charge in [-0.05, 0) is 41.6 Å². The van der Waals surface area contributed by atoms with Gasteiger partial charge in [0.15, 0.2) is 11.2 Å². The third-order valence-corrected chi connectivity index (χ3v) is 6.58. The van der Waals surface area contributed by atoms with Crippen molar-refractivity contribution in [2.45, 2.75) is 37.5 Å². The number of aryl methyl sites for hydroxylation is 2. The van der Waals surface area contributed by atoms with E-state index in [-0.39, 0.29) is 23.6 Å². The number of ketones is 1. The van der Waals surface area contributed by atoms with Gasteiger partial charge in [0.2, 0.25) is 5.91 Å². The molecule has 1 amide bonds. The maximum Gasteiger partial charge on any atom is 0.233 e. The molecule has 2 aromatic rings. The second kappa shape index (κ2) is 9.72. The van der Waals surface area contributed by atoms with Crippen LogP contribution < -0.4 is 0 Å². The molecule has 1 aliphatic rings. The highest BCUT2D eigenvalue weighted by Gasteiger charge is 2.44. The van der Waals surface area contributed by atoms with E-state index in [0.717, 1.165) is 18.4 Å². The van der Waals surface area contributed by atoms with Gasteiger partial charge in [-0.2, -0.15) is 0 Å². The van der Waals surface area contributed by atoms with Crippen LogP contribution in [0, 0.1) is 0 Å². The summed E-state index contributed by atoms with van der Waals surface area (Å²) in [6, 6.07) is 19.9. The van der Waals surface area contributed by atoms with E-state index in [0.29, 0.717) is 25.0 Å². The smallest absolute Gasteiger partial charge is 0.233 e. The molecule has 1 fully saturated rings. The van der Waals surface area contributed by atoms with E-state index >= 15 is 0 Å². The van der Waals surface area contributed by atoms with Gasteiger partial charge in [0.05, 0.1) is 13.0 Å². The molecular weight excluding hydrogens is 358 g/mol. The zero-order chi connectivity index (χ0) is 19.1. The van der Waals surface area contributed by atoms with E-state index in [1.54, 1.807) is 0 Å². The molecule has 27 heavy (non-hydrogen) atoms. The van der Waals surface area contributed by atoms with Gasteiger partial charge in [-0.15, -0.1) is 0 Å². The van der Waals surface area contributed by atoms with Crippen molar-refractivity contribution in [1.82, 2.24) is 4.90 Å². The summed E-state index contributed by atoms with van der Waals surface area (Å²) in [4.78, 5) is 25.6. The van der Waals surface area contributed by atoms with Crippen molar-refractivity contribution in [1.29, 1.82) is 0 Å². The van der Waals surface area contributed by atoms with Crippen LogP contribution >= 0.6 is 0 Å². The Morgan fingerprint density at radius 3 is 2.19 bits per heavy atom. The molecule has 1 aliphatic heterocycles. The maximum atomic E-state index is 12.5. The highest BCUT2D eigenvalue weighted by atomic mass is 32.2. The van der Waals surface area contributed by atoms with Crippen LogP contribution in [0.25, 0.3) is 0 Å². The first-order valence-electron chi connectivity index (χ1n) is 9.39. The quantitative estimate of drug-likeness (QED) is 0.468. The van der Waals surface area contributed by atoms with Gasteiger partial charge in [-0.3, -0.25) is 14.5 Å². The lowest BCUT2D eigenvalue weighted by atomic mass is 10.1. The molecule has 1 heterocycles. The van der Waals surface area contributed by atoms with E-state index in [4.69, 9.17) is 0 Å². The second-order valence-electron chi connectivity index (χ2n) is 6.88. The highest BCUT2D eigenvalue weighted by Crippen LogP contribution is 2.25. The minimum atomic E-state index is -1.11. The van der Waals surface area contributed by atoms with Gasteiger partial charge in [-0.1, -0.05) is 60.7 Å². The first-order valence-corrected chi connectivity index (χ1v) is 10.8. The number of nitrogens with zero attached hydrogens (tertiary/aromatic N) is 1. The Bertz CT molecular complexity index is 751. The fourth-order valence-corrected chi connectivity index (χ4v) is 4.75. The summed E-state index contributed by atoms with van der Waals surface area (Å²) in [6.07, 6.45) is 3.07. The fraction of sp³-hybridized carbons (Fsp3) is 0.364. The third-order valence-electron chi connectivity index (χ3n) is 4.86. The molecule has 0 N–H and O–H groups in total. The van der Waals surface area contributed by atoms with Crippen LogP contribution in [0.15, 0.2) is 60.7 Å². The Morgan fingerprint density at radius 2 is 1.59 bits per heavy atom. The number of benzene rings is 2. The van der Waals surface area contributed by atoms with E-state index in [2.05, 4.69) is 12.1 Å². The van der Waals surface area contributed by atoms with Gasteiger partial charge in [-0.25, -0.2) is 0 Å². The lowest BCUT2D eigenvalue weighted by molar-refractivity contribution is -0.145. The van der Waals surface area contributed by atoms with Crippen molar-refractivity contribution in [2.24, 2.45) is 0 Å². The number of likely N-dealkylation sites (tertiary alicyclic amines) is 1. The topological polar surface area (TPSA) is 60.4 Å². The van der Waals surface area contributed by atoms with E-state index in [9.17, 15) is 14.1 Å². The summed E-state index contributed by atoms with van der Waals surface area (Å²) in [5, 5.41) is -0.297. The van der Waals surface area contributed by atoms with Crippen molar-refractivity contribution in [3.8, 4) is 0 Å². The third kappa shape index (κ3) is 5.68. The average molecular weight is 384 g/mol. The molecule has 2 aromatic carbocycles. The largest absolute Gasteiger partial charge is 0.615 e. The minimum Gasteiger partial charge on any atom is -0.615 e. The molecule has 0 bridgehead atoms. The van der Waals surface area contributed by atoms with Crippen molar-refractivity contribution in [3.05, 3.63) is 71.8 Å². The molecule has 3 rings (SSSR count). The Kier molecular flexibility index (Phi) is 7.07. The molecule has 5 heteroatoms. The van der Waals surface area contributed by atoms with Crippen LogP contribution in [0.4, 0.5) is 0 Å². The lowest BCUT2D eigenvalue weighted by Crippen LogP contribution is -2.58. The second-order valence-corrected chi connectivity index (χ2v) is 8.59. The van der Waals surface area contributed by atoms with Crippen molar-refractivity contribution in [3.63, 3.8) is 0 Å². The molecule has 0 saturated carbocycles. The summed E-state index contributed by atoms with van der Waals surface area (Å²) in [6.45, 7) is 0.0841. The first kappa shape index (κ1) is 19.6. The lowest BCUT2D eigenvalue weighted by Gasteiger charge is -2.39. The summed E-state index contributed by atoms with van der Waals surface area (Å²) >= 11 is -1.11. The molecule has 0 aromatic heterocycles. The summed E-state index contributed by atoms with van der Waals surface area (Å²) in [5.41, 5.74) is 2.34. The van der Waals surface area contributed by atoms with Crippen LogP contribution in [0.1, 0.15) is 30.4 Å². The number of amides is 1. The number of hydrogen-bond acceptors (Lipinski definition) is 3. The van der Waals surface area contributed by atoms with Crippen LogP contribution in [0.2, 0.25) is 0 Å². The standard InChI is InChI=1S/C22H25NO3S/c24-20(14-13-19-10-5-2-6-11-19)17-23-21(25)16-22(23)27(26)15-7-12-18-8-3-1-4-9-18/h1-6,8-11,22H,7,12-17H2. The monoisotopic (exact) mass is 383 g/mol. The average Bonchev–Trinajstić information content (AvgIpc) is 2.70. The van der Waals surface area contributed by atoms with E-state index < -0.39 is 11.2 Å². The normalized spacial score (nSPS) is 17.4. The van der Waals surface area contributed by atoms with Crippen molar-refractivity contribution >= 4 is 22.9 Å². The van der Waals surface area contributed by atoms with Gasteiger partial charge in [0.25, 0.3) is 0 Å². The molecule has 0 spiro atoms. The highest BCUT2D eigenvalue weighted by molar-refractivity contribution is 7.92. The van der Waals surface area contributed by atoms with Gasteiger partial charge in [0.1, 0.15) is 5.75 Å². The Labute approximate surface area is 163 Å². The molecule has 4 nitrogen and oxygen atoms in total. The van der Waals surface area contributed by atoms with Crippen LogP contribution in [-0.2, 0) is 33.6 Å². The predicted molar refractivity (Wildman–Crippen MR) is 108 cm³/mol. The number of hydrogen-bond donors (Lipinski definition) is 0. The van der Waals surface area contributed by atoms with Crippen LogP contribution in [0.5, 0.6) is 0 Å². The SMILES string of the molecule is O=C(CCc1ccccc1)CN1C(=O)CC1[S+]([O-])CCCc1ccccc1. The molecule has 142 valence electrons. The number of carbonyl (C=O) groups excluding carboxylic acids is 2. The van der Waals surface area contributed by atoms with Gasteiger partial charge < -0.3 is 4.55 Å². The van der Waals surface area contributed by atoms with Crippen molar-refractivity contribution < 1.29 is 14.1 Å². The molecular formula is C22H25NO3S. The number of carbonyl (C=O) groups is 2. The number of rotatable bonds is 10. The predicted octanol–water partition coefficient (Wildman–Crippen LogP) is 3.13. The summed E-state index contributed by atoms with van der Waals surface area (Å²) in [7, 11) is 0. The zero-order valence-corrected chi connectivity index (χ0v) is 16.2. The van der Waals surface area contributed by atoms with E-state index in [1.807, 2.05) is 48.5 Å². The van der Waals surface area contributed by atoms with E-state index in [1.165, 1.54) is 10.5 Å². The molecule has 2 unspecified atom stereocenters. The molecule has 0 radical (unpaired) electrons. The number of β-lactam (4-membered cyclic amide) rings is 1. The van der Waals surface area contributed by atoms with Gasteiger partial charge >= 0.3 is 0 Å². The number of Topliss-reactive ketones (excluding diaryl/α,β-unsaturated/α-hetero) is 1. The van der Waals surface area contributed by atoms with Crippen LogP contribution in [-0.4, -0.2) is 38.8 Å².